The van der Waals surface area contributed by atoms with Crippen molar-refractivity contribution in [3.8, 4) is 6.07 Å². The Labute approximate surface area is 128 Å². The Morgan fingerprint density at radius 2 is 1.90 bits per heavy atom. The molecule has 2 rings (SSSR count). The standard InChI is InChI=1S/C18H27N3/c1-15(2)12-21(17-10-6-7-11-17)14-18(20,13-19)16-8-4-3-5-9-16/h3-5,8-9,15,17H,6-7,10-12,14,20H2,1-2H3. The molecule has 1 saturated carbocycles. The van der Waals surface area contributed by atoms with Crippen molar-refractivity contribution >= 4 is 0 Å². The summed E-state index contributed by atoms with van der Waals surface area (Å²) in [6.07, 6.45) is 5.08. The third kappa shape index (κ3) is 4.06. The van der Waals surface area contributed by atoms with Crippen molar-refractivity contribution in [2.75, 3.05) is 13.1 Å². The predicted molar refractivity (Wildman–Crippen MR) is 86.6 cm³/mol. The third-order valence-electron chi connectivity index (χ3n) is 4.38. The zero-order chi connectivity index (χ0) is 15.3. The van der Waals surface area contributed by atoms with Crippen LogP contribution in [0.4, 0.5) is 0 Å². The molecule has 0 heterocycles. The Balaban J connectivity index is 2.18. The zero-order valence-corrected chi connectivity index (χ0v) is 13.3. The van der Waals surface area contributed by atoms with Crippen molar-refractivity contribution in [1.82, 2.24) is 4.90 Å². The van der Waals surface area contributed by atoms with Gasteiger partial charge in [0, 0.05) is 19.1 Å². The normalized spacial score (nSPS) is 18.9. The first-order chi connectivity index (χ1) is 10.0. The predicted octanol–water partition coefficient (Wildman–Crippen LogP) is 3.26. The Hall–Kier alpha value is -1.37. The Kier molecular flexibility index (Phi) is 5.39. The lowest BCUT2D eigenvalue weighted by molar-refractivity contribution is 0.152. The lowest BCUT2D eigenvalue weighted by Gasteiger charge is -2.36. The minimum Gasteiger partial charge on any atom is -0.309 e. The molecule has 0 aromatic heterocycles. The van der Waals surface area contributed by atoms with Gasteiger partial charge >= 0.3 is 0 Å². The van der Waals surface area contributed by atoms with Crippen LogP contribution in [0.5, 0.6) is 0 Å². The Bertz CT molecular complexity index is 471. The molecule has 3 nitrogen and oxygen atoms in total. The number of hydrogen-bond donors (Lipinski definition) is 1. The van der Waals surface area contributed by atoms with E-state index in [2.05, 4.69) is 24.8 Å². The molecule has 1 aromatic carbocycles. The van der Waals surface area contributed by atoms with Gasteiger partial charge in [-0.3, -0.25) is 4.90 Å². The van der Waals surface area contributed by atoms with Gasteiger partial charge in [0.15, 0.2) is 0 Å². The summed E-state index contributed by atoms with van der Waals surface area (Å²) < 4.78 is 0. The maximum atomic E-state index is 9.66. The fourth-order valence-electron chi connectivity index (χ4n) is 3.33. The van der Waals surface area contributed by atoms with E-state index in [0.29, 0.717) is 18.5 Å². The van der Waals surface area contributed by atoms with Gasteiger partial charge in [-0.05, 0) is 24.3 Å². The van der Waals surface area contributed by atoms with Crippen molar-refractivity contribution in [3.05, 3.63) is 35.9 Å². The van der Waals surface area contributed by atoms with E-state index in [1.807, 2.05) is 30.3 Å². The minimum atomic E-state index is -0.918. The van der Waals surface area contributed by atoms with Crippen LogP contribution in [0.3, 0.4) is 0 Å². The fourth-order valence-corrected chi connectivity index (χ4v) is 3.33. The Morgan fingerprint density at radius 3 is 2.43 bits per heavy atom. The second kappa shape index (κ2) is 7.06. The van der Waals surface area contributed by atoms with Crippen molar-refractivity contribution in [3.63, 3.8) is 0 Å². The summed E-state index contributed by atoms with van der Waals surface area (Å²) in [6.45, 7) is 6.10. The second-order valence-electron chi connectivity index (χ2n) is 6.71. The highest BCUT2D eigenvalue weighted by atomic mass is 15.2. The number of hydrogen-bond acceptors (Lipinski definition) is 3. The van der Waals surface area contributed by atoms with Crippen LogP contribution in [-0.2, 0) is 5.54 Å². The molecular weight excluding hydrogens is 258 g/mol. The number of nitrogens with zero attached hydrogens (tertiary/aromatic N) is 2. The van der Waals surface area contributed by atoms with Crippen molar-refractivity contribution in [1.29, 1.82) is 5.26 Å². The molecule has 1 aliphatic rings. The molecule has 0 aliphatic heterocycles. The molecule has 3 heteroatoms. The summed E-state index contributed by atoms with van der Waals surface area (Å²) in [5.74, 6) is 0.587. The first-order valence-corrected chi connectivity index (χ1v) is 8.05. The maximum absolute atomic E-state index is 9.66. The van der Waals surface area contributed by atoms with Gasteiger partial charge in [0.25, 0.3) is 0 Å². The van der Waals surface area contributed by atoms with Crippen LogP contribution in [0, 0.1) is 17.2 Å². The first-order valence-electron chi connectivity index (χ1n) is 8.05. The molecule has 1 aromatic rings. The van der Waals surface area contributed by atoms with Crippen LogP contribution in [0.1, 0.15) is 45.1 Å². The summed E-state index contributed by atoms with van der Waals surface area (Å²) >= 11 is 0. The molecule has 1 fully saturated rings. The van der Waals surface area contributed by atoms with Gasteiger partial charge in [0.1, 0.15) is 5.54 Å². The molecule has 1 unspecified atom stereocenters. The van der Waals surface area contributed by atoms with Crippen molar-refractivity contribution < 1.29 is 0 Å². The average molecular weight is 285 g/mol. The molecule has 114 valence electrons. The van der Waals surface area contributed by atoms with E-state index in [0.717, 1.165) is 12.1 Å². The summed E-state index contributed by atoms with van der Waals surface area (Å²) in [5, 5.41) is 9.66. The highest BCUT2D eigenvalue weighted by Crippen LogP contribution is 2.28. The molecule has 2 N–H and O–H groups in total. The minimum absolute atomic E-state index is 0.587. The van der Waals surface area contributed by atoms with Crippen molar-refractivity contribution in [2.45, 2.75) is 51.1 Å². The molecule has 21 heavy (non-hydrogen) atoms. The molecule has 0 spiro atoms. The number of nitriles is 1. The highest BCUT2D eigenvalue weighted by molar-refractivity contribution is 5.31. The summed E-state index contributed by atoms with van der Waals surface area (Å²) in [5.41, 5.74) is 6.46. The SMILES string of the molecule is CC(C)CN(CC(N)(C#N)c1ccccc1)C1CCCC1. The molecule has 0 saturated heterocycles. The van der Waals surface area contributed by atoms with Crippen molar-refractivity contribution in [2.24, 2.45) is 11.7 Å². The third-order valence-corrected chi connectivity index (χ3v) is 4.38. The van der Waals surface area contributed by atoms with Crippen LogP contribution in [0.25, 0.3) is 0 Å². The smallest absolute Gasteiger partial charge is 0.142 e. The van der Waals surface area contributed by atoms with E-state index >= 15 is 0 Å². The molecule has 1 aliphatic carbocycles. The molecular formula is C18H27N3. The summed E-state index contributed by atoms with van der Waals surface area (Å²) in [6, 6.07) is 12.7. The topological polar surface area (TPSA) is 53.0 Å². The van der Waals surface area contributed by atoms with Crippen LogP contribution in [0.2, 0.25) is 0 Å². The molecule has 0 radical (unpaired) electrons. The van der Waals surface area contributed by atoms with E-state index < -0.39 is 5.54 Å². The van der Waals surface area contributed by atoms with E-state index in [4.69, 9.17) is 5.73 Å². The van der Waals surface area contributed by atoms with Gasteiger partial charge in [-0.15, -0.1) is 0 Å². The summed E-state index contributed by atoms with van der Waals surface area (Å²) in [4.78, 5) is 2.45. The Morgan fingerprint density at radius 1 is 1.29 bits per heavy atom. The first kappa shape index (κ1) is 16.0. The lowest BCUT2D eigenvalue weighted by Crippen LogP contribution is -2.50. The van der Waals surface area contributed by atoms with Crippen LogP contribution in [-0.4, -0.2) is 24.0 Å². The van der Waals surface area contributed by atoms with E-state index in [9.17, 15) is 5.26 Å². The van der Waals surface area contributed by atoms with Crippen LogP contribution in [0.15, 0.2) is 30.3 Å². The van der Waals surface area contributed by atoms with Gasteiger partial charge in [-0.1, -0.05) is 57.0 Å². The largest absolute Gasteiger partial charge is 0.309 e. The van der Waals surface area contributed by atoms with Gasteiger partial charge in [-0.25, -0.2) is 0 Å². The van der Waals surface area contributed by atoms with Gasteiger partial charge in [0.05, 0.1) is 6.07 Å². The van der Waals surface area contributed by atoms with Gasteiger partial charge < -0.3 is 5.73 Å². The number of benzene rings is 1. The number of rotatable bonds is 6. The molecule has 1 atom stereocenters. The second-order valence-corrected chi connectivity index (χ2v) is 6.71. The summed E-state index contributed by atoms with van der Waals surface area (Å²) in [7, 11) is 0. The monoisotopic (exact) mass is 285 g/mol. The fraction of sp³-hybridized carbons (Fsp3) is 0.611. The van der Waals surface area contributed by atoms with Crippen LogP contribution >= 0.6 is 0 Å². The van der Waals surface area contributed by atoms with E-state index in [1.54, 1.807) is 0 Å². The number of nitrogens with two attached hydrogens (primary N) is 1. The van der Waals surface area contributed by atoms with E-state index in [-0.39, 0.29) is 0 Å². The maximum Gasteiger partial charge on any atom is 0.142 e. The molecule has 0 bridgehead atoms. The van der Waals surface area contributed by atoms with Crippen LogP contribution < -0.4 is 5.73 Å². The highest BCUT2D eigenvalue weighted by Gasteiger charge is 2.33. The zero-order valence-electron chi connectivity index (χ0n) is 13.3. The average Bonchev–Trinajstić information content (AvgIpc) is 3.01. The lowest BCUT2D eigenvalue weighted by atomic mass is 9.91. The van der Waals surface area contributed by atoms with E-state index in [1.165, 1.54) is 25.7 Å². The quantitative estimate of drug-likeness (QED) is 0.872. The molecule has 0 amide bonds. The van der Waals surface area contributed by atoms with Gasteiger partial charge in [0.2, 0.25) is 0 Å². The van der Waals surface area contributed by atoms with Gasteiger partial charge in [-0.2, -0.15) is 5.26 Å².